The van der Waals surface area contributed by atoms with E-state index in [0.717, 1.165) is 18.4 Å². The molecule has 0 bridgehead atoms. The van der Waals surface area contributed by atoms with Gasteiger partial charge < -0.3 is 14.7 Å². The second kappa shape index (κ2) is 7.14. The highest BCUT2D eigenvalue weighted by Gasteiger charge is 2.26. The summed E-state index contributed by atoms with van der Waals surface area (Å²) in [6, 6.07) is 5.37. The highest BCUT2D eigenvalue weighted by atomic mass is 35.5. The smallest absolute Gasteiger partial charge is 0.263 e. The van der Waals surface area contributed by atoms with Crippen LogP contribution in [0, 0.1) is 12.8 Å². The maximum atomic E-state index is 12.4. The number of carbonyl (C=O) groups is 1. The van der Waals surface area contributed by atoms with Gasteiger partial charge in [0.2, 0.25) is 0 Å². The third kappa shape index (κ3) is 4.11. The first-order chi connectivity index (χ1) is 10.0. The summed E-state index contributed by atoms with van der Waals surface area (Å²) in [7, 11) is 0. The number of aliphatic hydroxyl groups is 1. The predicted octanol–water partition coefficient (Wildman–Crippen LogP) is 2.65. The van der Waals surface area contributed by atoms with E-state index in [1.165, 1.54) is 0 Å². The van der Waals surface area contributed by atoms with Crippen molar-refractivity contribution in [1.29, 1.82) is 0 Å². The third-order valence-electron chi connectivity index (χ3n) is 3.97. The molecule has 1 aromatic carbocycles. The van der Waals surface area contributed by atoms with E-state index in [1.807, 2.05) is 17.9 Å². The first-order valence-corrected chi connectivity index (χ1v) is 7.71. The van der Waals surface area contributed by atoms with Crippen molar-refractivity contribution in [3.63, 3.8) is 0 Å². The van der Waals surface area contributed by atoms with Crippen LogP contribution in [0.4, 0.5) is 0 Å². The van der Waals surface area contributed by atoms with Crippen molar-refractivity contribution >= 4 is 17.5 Å². The second-order valence-electron chi connectivity index (χ2n) is 5.62. The number of hydrogen-bond acceptors (Lipinski definition) is 3. The van der Waals surface area contributed by atoms with Gasteiger partial charge in [-0.3, -0.25) is 4.79 Å². The summed E-state index contributed by atoms with van der Waals surface area (Å²) < 4.78 is 5.77. The molecule has 1 aliphatic heterocycles. The average molecular weight is 312 g/mol. The number of likely N-dealkylation sites (tertiary alicyclic amines) is 1. The molecule has 0 aliphatic carbocycles. The minimum absolute atomic E-state index is 0.000685. The number of piperidine rings is 1. The SMILES string of the molecule is Cc1cc(Cl)ccc1OC(C)C(=O)N1CCC(CO)CC1. The summed E-state index contributed by atoms with van der Waals surface area (Å²) in [4.78, 5) is 14.2. The van der Waals surface area contributed by atoms with Crippen LogP contribution in [-0.2, 0) is 4.79 Å². The lowest BCUT2D eigenvalue weighted by molar-refractivity contribution is -0.139. The van der Waals surface area contributed by atoms with Gasteiger partial charge in [0.05, 0.1) is 0 Å². The summed E-state index contributed by atoms with van der Waals surface area (Å²) in [5.74, 6) is 1.01. The quantitative estimate of drug-likeness (QED) is 0.930. The van der Waals surface area contributed by atoms with Gasteiger partial charge in [0, 0.05) is 24.7 Å². The molecule has 2 rings (SSSR count). The van der Waals surface area contributed by atoms with Crippen LogP contribution in [0.1, 0.15) is 25.3 Å². The van der Waals surface area contributed by atoms with Crippen molar-refractivity contribution in [2.45, 2.75) is 32.8 Å². The fraction of sp³-hybridized carbons (Fsp3) is 0.562. The number of nitrogens with zero attached hydrogens (tertiary/aromatic N) is 1. The van der Waals surface area contributed by atoms with Gasteiger partial charge >= 0.3 is 0 Å². The Bertz CT molecular complexity index is 498. The number of halogens is 1. The summed E-state index contributed by atoms with van der Waals surface area (Å²) in [6.07, 6.45) is 1.19. The Balaban J connectivity index is 1.93. The van der Waals surface area contributed by atoms with E-state index in [9.17, 15) is 4.79 Å². The molecule has 1 amide bonds. The number of aryl methyl sites for hydroxylation is 1. The van der Waals surface area contributed by atoms with E-state index in [4.69, 9.17) is 21.4 Å². The van der Waals surface area contributed by atoms with Crippen molar-refractivity contribution in [2.75, 3.05) is 19.7 Å². The molecule has 0 spiro atoms. The van der Waals surface area contributed by atoms with Crippen molar-refractivity contribution in [2.24, 2.45) is 5.92 Å². The number of amides is 1. The van der Waals surface area contributed by atoms with Crippen LogP contribution in [0.15, 0.2) is 18.2 Å². The topological polar surface area (TPSA) is 49.8 Å². The van der Waals surface area contributed by atoms with Crippen molar-refractivity contribution in [3.05, 3.63) is 28.8 Å². The van der Waals surface area contributed by atoms with E-state index in [2.05, 4.69) is 0 Å². The Morgan fingerprint density at radius 3 is 2.71 bits per heavy atom. The fourth-order valence-electron chi connectivity index (χ4n) is 2.58. The zero-order chi connectivity index (χ0) is 15.4. The highest BCUT2D eigenvalue weighted by molar-refractivity contribution is 6.30. The van der Waals surface area contributed by atoms with Gasteiger partial charge in [-0.25, -0.2) is 0 Å². The lowest BCUT2D eigenvalue weighted by Gasteiger charge is -2.32. The molecule has 1 atom stereocenters. The standard InChI is InChI=1S/C16H22ClNO3/c1-11-9-14(17)3-4-15(11)21-12(2)16(20)18-7-5-13(10-19)6-8-18/h3-4,9,12-13,19H,5-8,10H2,1-2H3. The van der Waals surface area contributed by atoms with Crippen molar-refractivity contribution in [1.82, 2.24) is 4.90 Å². The maximum absolute atomic E-state index is 12.4. The molecule has 5 heteroatoms. The molecule has 1 heterocycles. The van der Waals surface area contributed by atoms with Crippen LogP contribution in [-0.4, -0.2) is 41.7 Å². The molecule has 1 saturated heterocycles. The summed E-state index contributed by atoms with van der Waals surface area (Å²) in [6.45, 7) is 5.27. The average Bonchev–Trinajstić information content (AvgIpc) is 2.49. The fourth-order valence-corrected chi connectivity index (χ4v) is 2.81. The van der Waals surface area contributed by atoms with E-state index in [1.54, 1.807) is 19.1 Å². The van der Waals surface area contributed by atoms with E-state index >= 15 is 0 Å². The molecule has 1 unspecified atom stereocenters. The Labute approximate surface area is 130 Å². The molecule has 0 saturated carbocycles. The minimum Gasteiger partial charge on any atom is -0.481 e. The summed E-state index contributed by atoms with van der Waals surface area (Å²) >= 11 is 5.91. The maximum Gasteiger partial charge on any atom is 0.263 e. The monoisotopic (exact) mass is 311 g/mol. The van der Waals surface area contributed by atoms with Gasteiger partial charge in [-0.15, -0.1) is 0 Å². The molecular weight excluding hydrogens is 290 g/mol. The first kappa shape index (κ1) is 16.1. The predicted molar refractivity (Wildman–Crippen MR) is 82.7 cm³/mol. The molecule has 21 heavy (non-hydrogen) atoms. The number of benzene rings is 1. The van der Waals surface area contributed by atoms with E-state index < -0.39 is 6.10 Å². The number of rotatable bonds is 4. The molecular formula is C16H22ClNO3. The van der Waals surface area contributed by atoms with Crippen LogP contribution in [0.2, 0.25) is 5.02 Å². The molecule has 116 valence electrons. The lowest BCUT2D eigenvalue weighted by atomic mass is 9.97. The molecule has 0 aromatic heterocycles. The largest absolute Gasteiger partial charge is 0.481 e. The zero-order valence-corrected chi connectivity index (χ0v) is 13.3. The first-order valence-electron chi connectivity index (χ1n) is 7.33. The Morgan fingerprint density at radius 2 is 2.14 bits per heavy atom. The molecule has 1 fully saturated rings. The van der Waals surface area contributed by atoms with Gasteiger partial charge in [-0.2, -0.15) is 0 Å². The number of hydrogen-bond donors (Lipinski definition) is 1. The van der Waals surface area contributed by atoms with Crippen molar-refractivity contribution < 1.29 is 14.6 Å². The molecule has 4 nitrogen and oxygen atoms in total. The van der Waals surface area contributed by atoms with Gasteiger partial charge in [0.25, 0.3) is 5.91 Å². The molecule has 1 aliphatic rings. The third-order valence-corrected chi connectivity index (χ3v) is 4.21. The second-order valence-corrected chi connectivity index (χ2v) is 6.06. The van der Waals surface area contributed by atoms with Gasteiger partial charge in [-0.05, 0) is 56.4 Å². The Hall–Kier alpha value is -1.26. The highest BCUT2D eigenvalue weighted by Crippen LogP contribution is 2.24. The molecule has 0 radical (unpaired) electrons. The van der Waals surface area contributed by atoms with Crippen LogP contribution >= 0.6 is 11.6 Å². The lowest BCUT2D eigenvalue weighted by Crippen LogP contribution is -2.45. The molecule has 1 aromatic rings. The zero-order valence-electron chi connectivity index (χ0n) is 12.5. The van der Waals surface area contributed by atoms with Crippen LogP contribution in [0.5, 0.6) is 5.75 Å². The summed E-state index contributed by atoms with van der Waals surface area (Å²) in [5, 5.41) is 9.79. The summed E-state index contributed by atoms with van der Waals surface area (Å²) in [5.41, 5.74) is 0.918. The van der Waals surface area contributed by atoms with E-state index in [0.29, 0.717) is 29.8 Å². The van der Waals surface area contributed by atoms with Crippen molar-refractivity contribution in [3.8, 4) is 5.75 Å². The Kier molecular flexibility index (Phi) is 5.48. The van der Waals surface area contributed by atoms with Gasteiger partial charge in [-0.1, -0.05) is 11.6 Å². The van der Waals surface area contributed by atoms with Crippen LogP contribution in [0.3, 0.4) is 0 Å². The van der Waals surface area contributed by atoms with E-state index in [-0.39, 0.29) is 12.5 Å². The van der Waals surface area contributed by atoms with Crippen LogP contribution in [0.25, 0.3) is 0 Å². The normalized spacial score (nSPS) is 17.6. The number of ether oxygens (including phenoxy) is 1. The minimum atomic E-state index is -0.518. The molecule has 1 N–H and O–H groups in total. The van der Waals surface area contributed by atoms with Gasteiger partial charge in [0.15, 0.2) is 6.10 Å². The number of carbonyl (C=O) groups excluding carboxylic acids is 1. The Morgan fingerprint density at radius 1 is 1.48 bits per heavy atom. The number of aliphatic hydroxyl groups excluding tert-OH is 1. The van der Waals surface area contributed by atoms with Crippen LogP contribution < -0.4 is 4.74 Å². The van der Waals surface area contributed by atoms with Gasteiger partial charge in [0.1, 0.15) is 5.75 Å².